The maximum atomic E-state index is 13.1. The Kier molecular flexibility index (Phi) is 4.93. The first-order chi connectivity index (χ1) is 10.7. The highest BCUT2D eigenvalue weighted by Gasteiger charge is 2.23. The average molecular weight is 317 g/mol. The molecule has 6 heteroatoms. The van der Waals surface area contributed by atoms with Crippen molar-refractivity contribution in [1.82, 2.24) is 15.5 Å². The van der Waals surface area contributed by atoms with Crippen molar-refractivity contribution >= 4 is 5.91 Å². The van der Waals surface area contributed by atoms with Crippen LogP contribution in [0.4, 0.5) is 4.39 Å². The molecule has 1 amide bonds. The third-order valence-corrected chi connectivity index (χ3v) is 3.31. The summed E-state index contributed by atoms with van der Waals surface area (Å²) >= 11 is 0. The Morgan fingerprint density at radius 1 is 1.22 bits per heavy atom. The predicted molar refractivity (Wildman–Crippen MR) is 85.5 cm³/mol. The van der Waals surface area contributed by atoms with Crippen molar-refractivity contribution in [2.75, 3.05) is 0 Å². The van der Waals surface area contributed by atoms with Crippen LogP contribution in [0.1, 0.15) is 49.3 Å². The lowest BCUT2D eigenvalue weighted by Gasteiger charge is -2.27. The fraction of sp³-hybridized carbons (Fsp3) is 0.353. The number of benzene rings is 1. The molecule has 2 rings (SSSR count). The Hall–Kier alpha value is -2.50. The van der Waals surface area contributed by atoms with Crippen molar-refractivity contribution < 1.29 is 9.18 Å². The molecule has 0 saturated carbocycles. The van der Waals surface area contributed by atoms with Gasteiger partial charge in [0, 0.05) is 6.07 Å². The molecule has 5 nitrogen and oxygen atoms in total. The fourth-order valence-corrected chi connectivity index (χ4v) is 2.26. The summed E-state index contributed by atoms with van der Waals surface area (Å²) < 4.78 is 13.1. The number of amides is 1. The first-order valence-electron chi connectivity index (χ1n) is 7.37. The smallest absolute Gasteiger partial charge is 0.272 e. The van der Waals surface area contributed by atoms with Crippen LogP contribution in [-0.4, -0.2) is 16.1 Å². The summed E-state index contributed by atoms with van der Waals surface area (Å²) in [7, 11) is 0. The van der Waals surface area contributed by atoms with Crippen molar-refractivity contribution in [2.45, 2.75) is 33.2 Å². The zero-order chi connectivity index (χ0) is 17.0. The summed E-state index contributed by atoms with van der Waals surface area (Å²) in [5.74, 6) is -0.711. The van der Waals surface area contributed by atoms with Crippen LogP contribution in [0.2, 0.25) is 0 Å². The molecule has 2 N–H and O–H groups in total. The lowest BCUT2D eigenvalue weighted by molar-refractivity contribution is 0.0920. The molecule has 122 valence electrons. The van der Waals surface area contributed by atoms with E-state index in [1.54, 1.807) is 12.1 Å². The third-order valence-electron chi connectivity index (χ3n) is 3.31. The average Bonchev–Trinajstić information content (AvgIpc) is 2.46. The number of carbonyl (C=O) groups excluding carboxylic acids is 1. The normalized spacial score (nSPS) is 12.7. The summed E-state index contributed by atoms with van der Waals surface area (Å²) in [4.78, 5) is 23.3. The van der Waals surface area contributed by atoms with E-state index in [1.807, 2.05) is 0 Å². The Bertz CT molecular complexity index is 712. The van der Waals surface area contributed by atoms with Crippen LogP contribution in [0, 0.1) is 11.2 Å². The minimum absolute atomic E-state index is 0.0369. The van der Waals surface area contributed by atoms with E-state index < -0.39 is 0 Å². The summed E-state index contributed by atoms with van der Waals surface area (Å²) in [6.45, 7) is 6.19. The van der Waals surface area contributed by atoms with Crippen LogP contribution in [0.25, 0.3) is 0 Å². The zero-order valence-corrected chi connectivity index (χ0v) is 13.4. The van der Waals surface area contributed by atoms with Gasteiger partial charge in [-0.1, -0.05) is 32.9 Å². The highest BCUT2D eigenvalue weighted by Crippen LogP contribution is 2.29. The number of rotatable bonds is 4. The first kappa shape index (κ1) is 16.9. The molecule has 0 aliphatic carbocycles. The van der Waals surface area contributed by atoms with Crippen molar-refractivity contribution in [2.24, 2.45) is 5.41 Å². The van der Waals surface area contributed by atoms with Crippen LogP contribution in [0.15, 0.2) is 41.2 Å². The number of hydrogen-bond acceptors (Lipinski definition) is 3. The molecule has 1 aromatic heterocycles. The molecule has 0 spiro atoms. The summed E-state index contributed by atoms with van der Waals surface area (Å²) in [6, 6.07) is 8.39. The number of carbonyl (C=O) groups is 1. The van der Waals surface area contributed by atoms with Gasteiger partial charge in [0.05, 0.1) is 6.04 Å². The van der Waals surface area contributed by atoms with Gasteiger partial charge in [-0.25, -0.2) is 9.49 Å². The highest BCUT2D eigenvalue weighted by molar-refractivity contribution is 5.92. The third kappa shape index (κ3) is 5.02. The van der Waals surface area contributed by atoms with Crippen LogP contribution < -0.4 is 10.9 Å². The largest absolute Gasteiger partial charge is 0.344 e. The first-order valence-corrected chi connectivity index (χ1v) is 7.37. The second-order valence-electron chi connectivity index (χ2n) is 6.65. The Morgan fingerprint density at radius 3 is 2.39 bits per heavy atom. The Balaban J connectivity index is 2.23. The van der Waals surface area contributed by atoms with Gasteiger partial charge < -0.3 is 5.32 Å². The molecule has 0 saturated heterocycles. The number of H-pyrrole nitrogens is 1. The monoisotopic (exact) mass is 317 g/mol. The van der Waals surface area contributed by atoms with E-state index in [0.717, 1.165) is 5.56 Å². The van der Waals surface area contributed by atoms with E-state index in [-0.39, 0.29) is 34.4 Å². The quantitative estimate of drug-likeness (QED) is 0.910. The highest BCUT2D eigenvalue weighted by atomic mass is 19.1. The van der Waals surface area contributed by atoms with Crippen molar-refractivity contribution in [3.05, 3.63) is 63.8 Å². The second-order valence-corrected chi connectivity index (χ2v) is 6.65. The lowest BCUT2D eigenvalue weighted by atomic mass is 9.85. The van der Waals surface area contributed by atoms with Gasteiger partial charge in [-0.15, -0.1) is 0 Å². The molecule has 1 heterocycles. The molecule has 2 aromatic rings. The fourth-order valence-electron chi connectivity index (χ4n) is 2.26. The minimum Gasteiger partial charge on any atom is -0.344 e. The van der Waals surface area contributed by atoms with E-state index in [2.05, 4.69) is 36.3 Å². The van der Waals surface area contributed by atoms with Crippen molar-refractivity contribution in [3.63, 3.8) is 0 Å². The second kappa shape index (κ2) is 6.73. The topological polar surface area (TPSA) is 74.8 Å². The number of nitrogens with zero attached hydrogens (tertiary/aromatic N) is 1. The van der Waals surface area contributed by atoms with Gasteiger partial charge in [-0.2, -0.15) is 5.10 Å². The van der Waals surface area contributed by atoms with E-state index in [1.165, 1.54) is 24.3 Å². The molecule has 0 fully saturated rings. The van der Waals surface area contributed by atoms with Crippen molar-refractivity contribution in [1.29, 1.82) is 0 Å². The molecule has 0 radical (unpaired) electrons. The molecule has 0 bridgehead atoms. The van der Waals surface area contributed by atoms with Gasteiger partial charge >= 0.3 is 0 Å². The van der Waals surface area contributed by atoms with E-state index in [0.29, 0.717) is 6.42 Å². The molecule has 1 atom stereocenters. The standard InChI is InChI=1S/C17H20FN3O2/c1-17(2,3)10-14(11-4-6-12(18)7-5-11)19-16(23)13-8-9-15(22)21-20-13/h4-9,14H,10H2,1-3H3,(H,19,23)(H,21,22). The number of aromatic nitrogens is 2. The Morgan fingerprint density at radius 2 is 1.87 bits per heavy atom. The maximum Gasteiger partial charge on any atom is 0.272 e. The Labute approximate surface area is 133 Å². The SMILES string of the molecule is CC(C)(C)CC(NC(=O)c1ccc(=O)[nH]n1)c1ccc(F)cc1. The van der Waals surface area contributed by atoms with Crippen LogP contribution in [0.5, 0.6) is 0 Å². The molecule has 0 aliphatic rings. The van der Waals surface area contributed by atoms with Crippen LogP contribution >= 0.6 is 0 Å². The molecule has 0 aliphatic heterocycles. The molecular formula is C17H20FN3O2. The zero-order valence-electron chi connectivity index (χ0n) is 13.4. The molecule has 23 heavy (non-hydrogen) atoms. The van der Waals surface area contributed by atoms with Gasteiger partial charge in [0.15, 0.2) is 0 Å². The van der Waals surface area contributed by atoms with Gasteiger partial charge in [0.2, 0.25) is 0 Å². The summed E-state index contributed by atoms with van der Waals surface area (Å²) in [5.41, 5.74) is 0.543. The van der Waals surface area contributed by atoms with Gasteiger partial charge in [-0.05, 0) is 35.6 Å². The number of hydrogen-bond donors (Lipinski definition) is 2. The van der Waals surface area contributed by atoms with Crippen LogP contribution in [0.3, 0.4) is 0 Å². The molecular weight excluding hydrogens is 297 g/mol. The van der Waals surface area contributed by atoms with Crippen LogP contribution in [-0.2, 0) is 0 Å². The lowest BCUT2D eigenvalue weighted by Crippen LogP contribution is -2.32. The molecule has 1 aromatic carbocycles. The van der Waals surface area contributed by atoms with Gasteiger partial charge in [-0.3, -0.25) is 9.59 Å². The van der Waals surface area contributed by atoms with Gasteiger partial charge in [0.25, 0.3) is 11.5 Å². The van der Waals surface area contributed by atoms with Gasteiger partial charge in [0.1, 0.15) is 11.5 Å². The van der Waals surface area contributed by atoms with E-state index in [9.17, 15) is 14.0 Å². The van der Waals surface area contributed by atoms with Crippen molar-refractivity contribution in [3.8, 4) is 0 Å². The number of aromatic amines is 1. The summed E-state index contributed by atoms with van der Waals surface area (Å²) in [5, 5.41) is 8.86. The summed E-state index contributed by atoms with van der Waals surface area (Å²) in [6.07, 6.45) is 0.674. The molecule has 1 unspecified atom stereocenters. The maximum absolute atomic E-state index is 13.1. The minimum atomic E-state index is -0.389. The van der Waals surface area contributed by atoms with E-state index >= 15 is 0 Å². The number of nitrogens with one attached hydrogen (secondary N) is 2. The predicted octanol–water partition coefficient (Wildman–Crippen LogP) is 2.82. The number of halogens is 1. The van der Waals surface area contributed by atoms with E-state index in [4.69, 9.17) is 0 Å².